The van der Waals surface area contributed by atoms with Crippen LogP contribution >= 0.6 is 0 Å². The molecule has 1 aliphatic heterocycles. The Morgan fingerprint density at radius 3 is 2.71 bits per heavy atom. The second-order valence-corrected chi connectivity index (χ2v) is 3.69. The Bertz CT molecular complexity index is 332. The number of aliphatic imine (C=N–C) groups is 1. The third-order valence-corrected chi connectivity index (χ3v) is 2.23. The normalized spacial score (nSPS) is 22.7. The first-order valence-corrected chi connectivity index (χ1v) is 4.87. The lowest BCUT2D eigenvalue weighted by Crippen LogP contribution is -2.47. The van der Waals surface area contributed by atoms with E-state index in [9.17, 15) is 0 Å². The van der Waals surface area contributed by atoms with Crippen molar-refractivity contribution >= 4 is 5.84 Å². The Morgan fingerprint density at radius 2 is 2.07 bits per heavy atom. The van der Waals surface area contributed by atoms with Crippen LogP contribution in [-0.4, -0.2) is 30.5 Å². The van der Waals surface area contributed by atoms with Crippen molar-refractivity contribution in [1.29, 1.82) is 0 Å². The van der Waals surface area contributed by atoms with Crippen molar-refractivity contribution in [2.75, 3.05) is 13.6 Å². The number of rotatable bonds is 1. The van der Waals surface area contributed by atoms with Crippen molar-refractivity contribution in [2.24, 2.45) is 4.99 Å². The molecule has 1 heterocycles. The van der Waals surface area contributed by atoms with Crippen molar-refractivity contribution in [3.8, 4) is 0 Å². The fourth-order valence-corrected chi connectivity index (χ4v) is 1.65. The van der Waals surface area contributed by atoms with Crippen molar-refractivity contribution in [1.82, 2.24) is 10.4 Å². The Hall–Kier alpha value is -1.35. The highest BCUT2D eigenvalue weighted by atomic mass is 15.5. The molecule has 74 valence electrons. The maximum absolute atomic E-state index is 4.57. The number of likely N-dealkylation sites (N-methyl/N-ethyl adjacent to an activating group) is 1. The molecule has 1 aromatic rings. The molecule has 1 atom stereocenters. The molecule has 1 aliphatic rings. The Morgan fingerprint density at radius 1 is 1.36 bits per heavy atom. The summed E-state index contributed by atoms with van der Waals surface area (Å²) >= 11 is 0. The highest BCUT2D eigenvalue weighted by Crippen LogP contribution is 2.06. The molecule has 0 amide bonds. The van der Waals surface area contributed by atoms with Gasteiger partial charge in [-0.05, 0) is 6.92 Å². The van der Waals surface area contributed by atoms with Gasteiger partial charge in [0.2, 0.25) is 0 Å². The van der Waals surface area contributed by atoms with E-state index in [1.54, 1.807) is 0 Å². The zero-order chi connectivity index (χ0) is 9.97. The standard InChI is InChI=1S/C11H15N3/c1-9-8-14(2)13-11(12-9)10-6-4-3-5-7-10/h3-7,9H,8H2,1-2H3,(H,12,13). The van der Waals surface area contributed by atoms with Crippen LogP contribution in [0.25, 0.3) is 0 Å². The highest BCUT2D eigenvalue weighted by Gasteiger charge is 2.15. The topological polar surface area (TPSA) is 27.6 Å². The van der Waals surface area contributed by atoms with E-state index in [1.165, 1.54) is 0 Å². The Balaban J connectivity index is 2.26. The number of benzene rings is 1. The summed E-state index contributed by atoms with van der Waals surface area (Å²) < 4.78 is 0. The molecule has 3 heteroatoms. The molecule has 2 rings (SSSR count). The van der Waals surface area contributed by atoms with Crippen LogP contribution in [0.1, 0.15) is 12.5 Å². The first-order valence-electron chi connectivity index (χ1n) is 4.87. The zero-order valence-corrected chi connectivity index (χ0v) is 8.57. The van der Waals surface area contributed by atoms with E-state index >= 15 is 0 Å². The number of nitrogens with zero attached hydrogens (tertiary/aromatic N) is 2. The van der Waals surface area contributed by atoms with Crippen molar-refractivity contribution < 1.29 is 0 Å². The van der Waals surface area contributed by atoms with Gasteiger partial charge in [-0.25, -0.2) is 5.01 Å². The second-order valence-electron chi connectivity index (χ2n) is 3.69. The van der Waals surface area contributed by atoms with Crippen LogP contribution in [0.3, 0.4) is 0 Å². The minimum Gasteiger partial charge on any atom is -0.303 e. The van der Waals surface area contributed by atoms with E-state index in [-0.39, 0.29) is 0 Å². The average molecular weight is 189 g/mol. The van der Waals surface area contributed by atoms with Gasteiger partial charge in [0.1, 0.15) is 5.84 Å². The van der Waals surface area contributed by atoms with Gasteiger partial charge in [-0.2, -0.15) is 0 Å². The average Bonchev–Trinajstić information content (AvgIpc) is 2.18. The van der Waals surface area contributed by atoms with Gasteiger partial charge in [0.05, 0.1) is 6.04 Å². The third kappa shape index (κ3) is 1.93. The van der Waals surface area contributed by atoms with Crippen LogP contribution in [0.5, 0.6) is 0 Å². The molecule has 14 heavy (non-hydrogen) atoms. The van der Waals surface area contributed by atoms with E-state index in [0.29, 0.717) is 6.04 Å². The van der Waals surface area contributed by atoms with Gasteiger partial charge in [-0.1, -0.05) is 30.3 Å². The fraction of sp³-hybridized carbons (Fsp3) is 0.364. The molecule has 0 radical (unpaired) electrons. The van der Waals surface area contributed by atoms with Crippen LogP contribution in [0.4, 0.5) is 0 Å². The van der Waals surface area contributed by atoms with Gasteiger partial charge in [0.25, 0.3) is 0 Å². The third-order valence-electron chi connectivity index (χ3n) is 2.23. The van der Waals surface area contributed by atoms with Gasteiger partial charge < -0.3 is 5.43 Å². The first kappa shape index (κ1) is 9.21. The van der Waals surface area contributed by atoms with E-state index in [4.69, 9.17) is 0 Å². The summed E-state index contributed by atoms with van der Waals surface area (Å²) in [7, 11) is 2.04. The van der Waals surface area contributed by atoms with E-state index in [1.807, 2.05) is 25.2 Å². The summed E-state index contributed by atoms with van der Waals surface area (Å²) in [5, 5.41) is 2.07. The molecule has 0 saturated carbocycles. The SMILES string of the molecule is CC1CN(C)NC(c2ccccc2)=N1. The van der Waals surface area contributed by atoms with Crippen LogP contribution in [-0.2, 0) is 0 Å². The summed E-state index contributed by atoms with van der Waals surface area (Å²) in [6, 6.07) is 10.6. The number of hydrogen-bond donors (Lipinski definition) is 1. The molecule has 1 aromatic carbocycles. The van der Waals surface area contributed by atoms with E-state index in [0.717, 1.165) is 17.9 Å². The molecule has 1 N–H and O–H groups in total. The van der Waals surface area contributed by atoms with Crippen molar-refractivity contribution in [3.63, 3.8) is 0 Å². The maximum Gasteiger partial charge on any atom is 0.143 e. The minimum absolute atomic E-state index is 0.358. The summed E-state index contributed by atoms with van der Waals surface area (Å²) in [6.45, 7) is 3.08. The molecule has 0 bridgehead atoms. The molecule has 0 aliphatic carbocycles. The molecule has 0 aromatic heterocycles. The quantitative estimate of drug-likeness (QED) is 0.720. The summed E-state index contributed by atoms with van der Waals surface area (Å²) in [5.41, 5.74) is 4.39. The number of hydrazine groups is 1. The van der Waals surface area contributed by atoms with E-state index in [2.05, 4.69) is 34.5 Å². The molecule has 3 nitrogen and oxygen atoms in total. The smallest absolute Gasteiger partial charge is 0.143 e. The molecular weight excluding hydrogens is 174 g/mol. The number of hydrogen-bond acceptors (Lipinski definition) is 3. The van der Waals surface area contributed by atoms with Crippen LogP contribution in [0, 0.1) is 0 Å². The minimum atomic E-state index is 0.358. The molecule has 0 saturated heterocycles. The zero-order valence-electron chi connectivity index (χ0n) is 8.57. The molecule has 1 unspecified atom stereocenters. The number of amidine groups is 1. The number of nitrogens with one attached hydrogen (secondary N) is 1. The Kier molecular flexibility index (Phi) is 2.50. The maximum atomic E-state index is 4.57. The lowest BCUT2D eigenvalue weighted by molar-refractivity contribution is 0.262. The lowest BCUT2D eigenvalue weighted by Gasteiger charge is -2.28. The van der Waals surface area contributed by atoms with Crippen molar-refractivity contribution in [3.05, 3.63) is 35.9 Å². The highest BCUT2D eigenvalue weighted by molar-refractivity contribution is 5.98. The van der Waals surface area contributed by atoms with Gasteiger partial charge in [0, 0.05) is 19.2 Å². The largest absolute Gasteiger partial charge is 0.303 e. The molecular formula is C11H15N3. The van der Waals surface area contributed by atoms with Crippen LogP contribution in [0.2, 0.25) is 0 Å². The second kappa shape index (κ2) is 3.80. The summed E-state index contributed by atoms with van der Waals surface area (Å²) in [6.07, 6.45) is 0. The predicted octanol–water partition coefficient (Wildman–Crippen LogP) is 1.27. The van der Waals surface area contributed by atoms with Gasteiger partial charge in [-0.15, -0.1) is 0 Å². The molecule has 0 fully saturated rings. The fourth-order valence-electron chi connectivity index (χ4n) is 1.65. The van der Waals surface area contributed by atoms with Crippen molar-refractivity contribution in [2.45, 2.75) is 13.0 Å². The van der Waals surface area contributed by atoms with Gasteiger partial charge in [0.15, 0.2) is 0 Å². The Labute approximate surface area is 84.4 Å². The van der Waals surface area contributed by atoms with Gasteiger partial charge in [-0.3, -0.25) is 4.99 Å². The predicted molar refractivity (Wildman–Crippen MR) is 58.2 cm³/mol. The monoisotopic (exact) mass is 189 g/mol. The van der Waals surface area contributed by atoms with E-state index < -0.39 is 0 Å². The van der Waals surface area contributed by atoms with Crippen LogP contribution < -0.4 is 5.43 Å². The molecule has 0 spiro atoms. The lowest BCUT2D eigenvalue weighted by atomic mass is 10.2. The summed E-state index contributed by atoms with van der Waals surface area (Å²) in [4.78, 5) is 4.57. The summed E-state index contributed by atoms with van der Waals surface area (Å²) in [5.74, 6) is 0.965. The van der Waals surface area contributed by atoms with Crippen LogP contribution in [0.15, 0.2) is 35.3 Å². The van der Waals surface area contributed by atoms with Gasteiger partial charge >= 0.3 is 0 Å². The first-order chi connectivity index (χ1) is 6.75.